The highest BCUT2D eigenvalue weighted by Crippen LogP contribution is 2.20. The van der Waals surface area contributed by atoms with Gasteiger partial charge in [0, 0.05) is 51.9 Å². The average Bonchev–Trinajstić information content (AvgIpc) is 2.76. The number of nitrogens with one attached hydrogen (secondary N) is 4. The zero-order valence-electron chi connectivity index (χ0n) is 17.4. The SMILES string of the molecule is CCNC(=O)Nc1cc(CN2CCN(c3ccc(C(=O)NC)nc3F)CC2)c(=O)[nH]n1. The first kappa shape index (κ1) is 22.2. The summed E-state index contributed by atoms with van der Waals surface area (Å²) in [5.41, 5.74) is 0.501. The summed E-state index contributed by atoms with van der Waals surface area (Å²) < 4.78 is 14.4. The molecule has 2 aromatic rings. The molecule has 1 aliphatic heterocycles. The van der Waals surface area contributed by atoms with Crippen molar-refractivity contribution in [3.63, 3.8) is 0 Å². The third kappa shape index (κ3) is 5.54. The number of pyridine rings is 1. The predicted molar refractivity (Wildman–Crippen MR) is 113 cm³/mol. The monoisotopic (exact) mass is 432 g/mol. The van der Waals surface area contributed by atoms with Crippen molar-refractivity contribution in [2.45, 2.75) is 13.5 Å². The first-order valence-corrected chi connectivity index (χ1v) is 9.90. The lowest BCUT2D eigenvalue weighted by Crippen LogP contribution is -2.47. The fourth-order valence-electron chi connectivity index (χ4n) is 3.25. The summed E-state index contributed by atoms with van der Waals surface area (Å²) in [6.07, 6.45) is 0. The Balaban J connectivity index is 1.61. The quantitative estimate of drug-likeness (QED) is 0.477. The van der Waals surface area contributed by atoms with E-state index in [2.05, 4.69) is 36.0 Å². The average molecular weight is 432 g/mol. The molecule has 166 valence electrons. The number of urea groups is 1. The summed E-state index contributed by atoms with van der Waals surface area (Å²) in [6, 6.07) is 4.18. The van der Waals surface area contributed by atoms with Crippen LogP contribution in [0, 0.1) is 5.95 Å². The van der Waals surface area contributed by atoms with E-state index in [1.54, 1.807) is 19.1 Å². The smallest absolute Gasteiger partial charge is 0.320 e. The van der Waals surface area contributed by atoms with Crippen LogP contribution in [0.1, 0.15) is 23.0 Å². The second kappa shape index (κ2) is 9.98. The van der Waals surface area contributed by atoms with Crippen molar-refractivity contribution >= 4 is 23.4 Å². The number of carbonyl (C=O) groups is 2. The predicted octanol–water partition coefficient (Wildman–Crippen LogP) is 0.127. The number of hydrogen-bond donors (Lipinski definition) is 4. The number of H-pyrrole nitrogens is 1. The van der Waals surface area contributed by atoms with E-state index in [0.29, 0.717) is 50.5 Å². The van der Waals surface area contributed by atoms with Crippen LogP contribution in [0.4, 0.5) is 20.7 Å². The third-order valence-electron chi connectivity index (χ3n) is 4.86. The molecule has 0 saturated carbocycles. The molecule has 4 N–H and O–H groups in total. The number of aromatic amines is 1. The van der Waals surface area contributed by atoms with Crippen molar-refractivity contribution in [3.05, 3.63) is 45.8 Å². The van der Waals surface area contributed by atoms with E-state index in [1.807, 2.05) is 4.90 Å². The maximum Gasteiger partial charge on any atom is 0.320 e. The molecular formula is C19H25FN8O3. The van der Waals surface area contributed by atoms with Gasteiger partial charge in [0.25, 0.3) is 11.5 Å². The number of hydrogen-bond acceptors (Lipinski definition) is 7. The molecule has 12 heteroatoms. The minimum absolute atomic E-state index is 0.0244. The van der Waals surface area contributed by atoms with Gasteiger partial charge in [-0.15, -0.1) is 0 Å². The standard InChI is InChI=1S/C19H25FN8O3/c1-3-22-19(31)24-15-10-12(17(29)26-25-15)11-27-6-8-28(9-7-27)14-5-4-13(18(30)21-2)23-16(14)20/h4-5,10H,3,6-9,11H2,1-2H3,(H,21,30)(H,26,29)(H2,22,24,25,31). The van der Waals surface area contributed by atoms with Crippen LogP contribution in [0.3, 0.4) is 0 Å². The van der Waals surface area contributed by atoms with Gasteiger partial charge in [-0.2, -0.15) is 9.49 Å². The van der Waals surface area contributed by atoms with Crippen LogP contribution in [0.25, 0.3) is 0 Å². The van der Waals surface area contributed by atoms with Gasteiger partial charge in [0.2, 0.25) is 5.95 Å². The molecule has 3 heterocycles. The molecule has 0 atom stereocenters. The van der Waals surface area contributed by atoms with Gasteiger partial charge in [-0.3, -0.25) is 19.8 Å². The molecule has 0 spiro atoms. The minimum Gasteiger partial charge on any atom is -0.365 e. The molecule has 11 nitrogen and oxygen atoms in total. The summed E-state index contributed by atoms with van der Waals surface area (Å²) in [5.74, 6) is -0.886. The van der Waals surface area contributed by atoms with Gasteiger partial charge in [-0.05, 0) is 25.1 Å². The van der Waals surface area contributed by atoms with E-state index in [4.69, 9.17) is 0 Å². The van der Waals surface area contributed by atoms with Gasteiger partial charge < -0.3 is 15.5 Å². The largest absolute Gasteiger partial charge is 0.365 e. The van der Waals surface area contributed by atoms with E-state index in [0.717, 1.165) is 0 Å². The normalized spacial score (nSPS) is 14.2. The summed E-state index contributed by atoms with van der Waals surface area (Å²) in [7, 11) is 1.46. The van der Waals surface area contributed by atoms with E-state index in [-0.39, 0.29) is 17.1 Å². The first-order valence-electron chi connectivity index (χ1n) is 9.90. The molecule has 2 aromatic heterocycles. The Kier molecular flexibility index (Phi) is 7.13. The molecule has 3 rings (SSSR count). The highest BCUT2D eigenvalue weighted by Gasteiger charge is 2.22. The fourth-order valence-corrected chi connectivity index (χ4v) is 3.25. The van der Waals surface area contributed by atoms with E-state index >= 15 is 0 Å². The van der Waals surface area contributed by atoms with E-state index in [1.165, 1.54) is 13.1 Å². The topological polar surface area (TPSA) is 135 Å². The first-order chi connectivity index (χ1) is 14.9. The number of anilines is 2. The van der Waals surface area contributed by atoms with Crippen LogP contribution in [-0.4, -0.2) is 71.8 Å². The van der Waals surface area contributed by atoms with Crippen molar-refractivity contribution < 1.29 is 14.0 Å². The summed E-state index contributed by atoms with van der Waals surface area (Å²) in [5, 5.41) is 13.8. The Labute approximate surface area is 178 Å². The molecule has 0 radical (unpaired) electrons. The van der Waals surface area contributed by atoms with E-state index in [9.17, 15) is 18.8 Å². The molecule has 0 aromatic carbocycles. The number of carbonyl (C=O) groups excluding carboxylic acids is 2. The third-order valence-corrected chi connectivity index (χ3v) is 4.86. The van der Waals surface area contributed by atoms with Crippen molar-refractivity contribution in [2.24, 2.45) is 0 Å². The highest BCUT2D eigenvalue weighted by molar-refractivity contribution is 5.92. The number of aromatic nitrogens is 3. The lowest BCUT2D eigenvalue weighted by Gasteiger charge is -2.35. The summed E-state index contributed by atoms with van der Waals surface area (Å²) >= 11 is 0. The minimum atomic E-state index is -0.693. The molecule has 31 heavy (non-hydrogen) atoms. The zero-order chi connectivity index (χ0) is 22.4. The number of nitrogens with zero attached hydrogens (tertiary/aromatic N) is 4. The molecule has 1 saturated heterocycles. The van der Waals surface area contributed by atoms with Gasteiger partial charge >= 0.3 is 6.03 Å². The lowest BCUT2D eigenvalue weighted by atomic mass is 10.2. The Morgan fingerprint density at radius 2 is 1.97 bits per heavy atom. The number of halogens is 1. The van der Waals surface area contributed by atoms with Crippen LogP contribution in [0.2, 0.25) is 0 Å². The van der Waals surface area contributed by atoms with Crippen LogP contribution >= 0.6 is 0 Å². The van der Waals surface area contributed by atoms with Gasteiger partial charge in [-0.25, -0.2) is 14.9 Å². The van der Waals surface area contributed by atoms with Crippen molar-refractivity contribution in [1.29, 1.82) is 0 Å². The summed E-state index contributed by atoms with van der Waals surface area (Å²) in [6.45, 7) is 4.89. The molecule has 0 unspecified atom stereocenters. The maximum absolute atomic E-state index is 14.4. The molecule has 3 amide bonds. The van der Waals surface area contributed by atoms with Crippen LogP contribution in [0.15, 0.2) is 23.0 Å². The van der Waals surface area contributed by atoms with Crippen LogP contribution in [-0.2, 0) is 6.54 Å². The Morgan fingerprint density at radius 1 is 1.23 bits per heavy atom. The van der Waals surface area contributed by atoms with Crippen LogP contribution in [0.5, 0.6) is 0 Å². The Bertz CT molecular complexity index is 1000. The van der Waals surface area contributed by atoms with Gasteiger partial charge in [0.1, 0.15) is 5.69 Å². The van der Waals surface area contributed by atoms with Crippen LogP contribution < -0.4 is 26.4 Å². The Hall–Kier alpha value is -3.54. The molecule has 1 aliphatic rings. The Morgan fingerprint density at radius 3 is 2.61 bits per heavy atom. The van der Waals surface area contributed by atoms with Crippen molar-refractivity contribution in [3.8, 4) is 0 Å². The molecule has 0 bridgehead atoms. The molecule has 0 aliphatic carbocycles. The van der Waals surface area contributed by atoms with Gasteiger partial charge in [0.15, 0.2) is 5.82 Å². The zero-order valence-corrected chi connectivity index (χ0v) is 17.4. The van der Waals surface area contributed by atoms with Crippen molar-refractivity contribution in [2.75, 3.05) is 50.0 Å². The van der Waals surface area contributed by atoms with E-state index < -0.39 is 17.9 Å². The fraction of sp³-hybridized carbons (Fsp3) is 0.421. The number of amides is 3. The molecular weight excluding hydrogens is 407 g/mol. The second-order valence-electron chi connectivity index (χ2n) is 6.94. The number of piperazine rings is 1. The van der Waals surface area contributed by atoms with Crippen molar-refractivity contribution in [1.82, 2.24) is 30.7 Å². The number of rotatable bonds is 6. The highest BCUT2D eigenvalue weighted by atomic mass is 19.1. The maximum atomic E-state index is 14.4. The summed E-state index contributed by atoms with van der Waals surface area (Å²) in [4.78, 5) is 43.0. The lowest BCUT2D eigenvalue weighted by molar-refractivity contribution is 0.0957. The van der Waals surface area contributed by atoms with Gasteiger partial charge in [0.05, 0.1) is 5.69 Å². The second-order valence-corrected chi connectivity index (χ2v) is 6.94. The van der Waals surface area contributed by atoms with Gasteiger partial charge in [-0.1, -0.05) is 0 Å². The molecule has 1 fully saturated rings.